The Kier molecular flexibility index (Phi) is 4.23. The summed E-state index contributed by atoms with van der Waals surface area (Å²) in [6, 6.07) is 11.8. The van der Waals surface area contributed by atoms with Gasteiger partial charge in [0.25, 0.3) is 0 Å². The van der Waals surface area contributed by atoms with Crippen molar-refractivity contribution < 1.29 is 0 Å². The van der Waals surface area contributed by atoms with Crippen LogP contribution in [0.5, 0.6) is 0 Å². The predicted molar refractivity (Wildman–Crippen MR) is 84.2 cm³/mol. The molecule has 0 aliphatic carbocycles. The van der Waals surface area contributed by atoms with E-state index in [1.54, 1.807) is 12.1 Å². The molecule has 0 bridgehead atoms. The third-order valence-electron chi connectivity index (χ3n) is 2.96. The number of nitrogen functional groups attached to an aromatic ring is 1. The summed E-state index contributed by atoms with van der Waals surface area (Å²) < 4.78 is 0. The van der Waals surface area contributed by atoms with E-state index in [-0.39, 0.29) is 0 Å². The van der Waals surface area contributed by atoms with Gasteiger partial charge in [-0.3, -0.25) is 0 Å². The van der Waals surface area contributed by atoms with Crippen LogP contribution in [-0.2, 0) is 6.54 Å². The highest BCUT2D eigenvalue weighted by molar-refractivity contribution is 6.39. The van der Waals surface area contributed by atoms with Crippen LogP contribution in [0.3, 0.4) is 0 Å². The number of aryl methyl sites for hydroxylation is 1. The van der Waals surface area contributed by atoms with Gasteiger partial charge in [0.2, 0.25) is 0 Å². The molecule has 100 valence electrons. The third kappa shape index (κ3) is 3.34. The van der Waals surface area contributed by atoms with Gasteiger partial charge in [-0.25, -0.2) is 0 Å². The van der Waals surface area contributed by atoms with Crippen LogP contribution in [0.25, 0.3) is 0 Å². The zero-order valence-electron chi connectivity index (χ0n) is 11.0. The van der Waals surface area contributed by atoms with E-state index in [2.05, 4.69) is 31.2 Å². The normalized spacial score (nSPS) is 10.5. The van der Waals surface area contributed by atoms with Crippen LogP contribution >= 0.6 is 23.2 Å². The van der Waals surface area contributed by atoms with Crippen LogP contribution < -0.4 is 10.6 Å². The molecule has 0 amide bonds. The fraction of sp³-hybridized carbons (Fsp3) is 0.200. The smallest absolute Gasteiger partial charge is 0.0746 e. The molecular weight excluding hydrogens is 279 g/mol. The predicted octanol–water partition coefficient (Wildman–Crippen LogP) is 4.52. The van der Waals surface area contributed by atoms with Gasteiger partial charge in [-0.05, 0) is 24.6 Å². The van der Waals surface area contributed by atoms with Crippen molar-refractivity contribution in [3.63, 3.8) is 0 Å². The summed E-state index contributed by atoms with van der Waals surface area (Å²) in [5.41, 5.74) is 9.54. The summed E-state index contributed by atoms with van der Waals surface area (Å²) in [5, 5.41) is 1.14. The number of nitrogens with two attached hydrogens (primary N) is 1. The SMILES string of the molecule is Cc1ccc(CN(C)c2c(Cl)cc(N)cc2Cl)cc1. The van der Waals surface area contributed by atoms with Crippen LogP contribution in [0.1, 0.15) is 11.1 Å². The van der Waals surface area contributed by atoms with Crippen molar-refractivity contribution in [3.05, 3.63) is 57.6 Å². The molecule has 0 saturated heterocycles. The van der Waals surface area contributed by atoms with Crippen LogP contribution in [0.4, 0.5) is 11.4 Å². The Morgan fingerprint density at radius 3 is 2.11 bits per heavy atom. The second-order valence-corrected chi connectivity index (χ2v) is 5.49. The van der Waals surface area contributed by atoms with Gasteiger partial charge in [-0.15, -0.1) is 0 Å². The minimum Gasteiger partial charge on any atom is -0.399 e. The summed E-state index contributed by atoms with van der Waals surface area (Å²) in [4.78, 5) is 2.02. The van der Waals surface area contributed by atoms with E-state index in [9.17, 15) is 0 Å². The lowest BCUT2D eigenvalue weighted by Crippen LogP contribution is -2.17. The fourth-order valence-electron chi connectivity index (χ4n) is 2.00. The number of hydrogen-bond acceptors (Lipinski definition) is 2. The quantitative estimate of drug-likeness (QED) is 0.843. The molecule has 2 N–H and O–H groups in total. The highest BCUT2D eigenvalue weighted by Gasteiger charge is 2.12. The zero-order valence-corrected chi connectivity index (χ0v) is 12.5. The van der Waals surface area contributed by atoms with Crippen molar-refractivity contribution in [2.24, 2.45) is 0 Å². The topological polar surface area (TPSA) is 29.3 Å². The Morgan fingerprint density at radius 1 is 1.05 bits per heavy atom. The maximum Gasteiger partial charge on any atom is 0.0746 e. The molecule has 0 spiro atoms. The minimum absolute atomic E-state index is 0.569. The van der Waals surface area contributed by atoms with E-state index in [0.29, 0.717) is 15.7 Å². The molecule has 0 aliphatic rings. The molecule has 19 heavy (non-hydrogen) atoms. The number of anilines is 2. The molecule has 2 nitrogen and oxygen atoms in total. The molecule has 2 rings (SSSR count). The van der Waals surface area contributed by atoms with Gasteiger partial charge in [0.05, 0.1) is 15.7 Å². The van der Waals surface area contributed by atoms with Gasteiger partial charge in [-0.1, -0.05) is 53.0 Å². The zero-order chi connectivity index (χ0) is 14.0. The van der Waals surface area contributed by atoms with Gasteiger partial charge < -0.3 is 10.6 Å². The highest BCUT2D eigenvalue weighted by atomic mass is 35.5. The van der Waals surface area contributed by atoms with Gasteiger partial charge in [0.15, 0.2) is 0 Å². The number of benzene rings is 2. The third-order valence-corrected chi connectivity index (χ3v) is 3.54. The highest BCUT2D eigenvalue weighted by Crippen LogP contribution is 2.35. The van der Waals surface area contributed by atoms with E-state index in [0.717, 1.165) is 12.2 Å². The van der Waals surface area contributed by atoms with Gasteiger partial charge >= 0.3 is 0 Å². The summed E-state index contributed by atoms with van der Waals surface area (Å²) in [6.07, 6.45) is 0. The number of halogens is 2. The molecule has 2 aromatic carbocycles. The molecule has 0 saturated carbocycles. The number of hydrogen-bond donors (Lipinski definition) is 1. The molecule has 4 heteroatoms. The monoisotopic (exact) mass is 294 g/mol. The van der Waals surface area contributed by atoms with Crippen LogP contribution in [0.15, 0.2) is 36.4 Å². The van der Waals surface area contributed by atoms with E-state index in [4.69, 9.17) is 28.9 Å². The maximum atomic E-state index is 6.22. The second-order valence-electron chi connectivity index (χ2n) is 4.67. The van der Waals surface area contributed by atoms with Gasteiger partial charge in [-0.2, -0.15) is 0 Å². The molecule has 0 radical (unpaired) electrons. The summed E-state index contributed by atoms with van der Waals surface area (Å²) in [6.45, 7) is 2.81. The van der Waals surface area contributed by atoms with Crippen molar-refractivity contribution in [1.29, 1.82) is 0 Å². The van der Waals surface area contributed by atoms with E-state index >= 15 is 0 Å². The summed E-state index contributed by atoms with van der Waals surface area (Å²) >= 11 is 12.4. The standard InChI is InChI=1S/C15H16Cl2N2/c1-10-3-5-11(6-4-10)9-19(2)15-13(16)7-12(18)8-14(15)17/h3-8H,9,18H2,1-2H3. The van der Waals surface area contributed by atoms with Crippen LogP contribution in [0, 0.1) is 6.92 Å². The van der Waals surface area contributed by atoms with E-state index < -0.39 is 0 Å². The molecule has 0 heterocycles. The van der Waals surface area contributed by atoms with Crippen molar-refractivity contribution in [2.75, 3.05) is 17.7 Å². The maximum absolute atomic E-state index is 6.22. The average Bonchev–Trinajstić information content (AvgIpc) is 2.30. The Balaban J connectivity index is 2.25. The van der Waals surface area contributed by atoms with Gasteiger partial charge in [0, 0.05) is 19.3 Å². The molecule has 0 unspecified atom stereocenters. The lowest BCUT2D eigenvalue weighted by molar-refractivity contribution is 0.923. The first kappa shape index (κ1) is 14.0. The summed E-state index contributed by atoms with van der Waals surface area (Å²) in [7, 11) is 1.96. The lowest BCUT2D eigenvalue weighted by atomic mass is 10.1. The van der Waals surface area contributed by atoms with Crippen molar-refractivity contribution in [1.82, 2.24) is 0 Å². The number of nitrogens with zero attached hydrogens (tertiary/aromatic N) is 1. The second kappa shape index (κ2) is 5.72. The summed E-state index contributed by atoms with van der Waals surface area (Å²) in [5.74, 6) is 0. The van der Waals surface area contributed by atoms with Crippen molar-refractivity contribution in [2.45, 2.75) is 13.5 Å². The van der Waals surface area contributed by atoms with Crippen molar-refractivity contribution >= 4 is 34.6 Å². The minimum atomic E-state index is 0.569. The van der Waals surface area contributed by atoms with Crippen LogP contribution in [-0.4, -0.2) is 7.05 Å². The molecule has 0 aromatic heterocycles. The first-order valence-corrected chi connectivity index (χ1v) is 6.74. The fourth-order valence-corrected chi connectivity index (χ4v) is 2.79. The van der Waals surface area contributed by atoms with Gasteiger partial charge in [0.1, 0.15) is 0 Å². The first-order valence-electron chi connectivity index (χ1n) is 5.98. The Labute approximate surface area is 123 Å². The molecular formula is C15H16Cl2N2. The first-order chi connectivity index (χ1) is 8.97. The Hall–Kier alpha value is -1.38. The molecule has 0 aliphatic heterocycles. The lowest BCUT2D eigenvalue weighted by Gasteiger charge is -2.22. The molecule has 2 aromatic rings. The average molecular weight is 295 g/mol. The molecule has 0 atom stereocenters. The molecule has 0 fully saturated rings. The number of rotatable bonds is 3. The van der Waals surface area contributed by atoms with Crippen LogP contribution in [0.2, 0.25) is 10.0 Å². The van der Waals surface area contributed by atoms with E-state index in [1.165, 1.54) is 11.1 Å². The van der Waals surface area contributed by atoms with Crippen molar-refractivity contribution in [3.8, 4) is 0 Å². The Bertz CT molecular complexity index is 556. The Morgan fingerprint density at radius 2 is 1.58 bits per heavy atom. The van der Waals surface area contributed by atoms with E-state index in [1.807, 2.05) is 11.9 Å². The largest absolute Gasteiger partial charge is 0.399 e.